The zero-order valence-corrected chi connectivity index (χ0v) is 7.94. The van der Waals surface area contributed by atoms with Crippen LogP contribution in [-0.2, 0) is 0 Å². The van der Waals surface area contributed by atoms with Crippen LogP contribution in [0.2, 0.25) is 0 Å². The van der Waals surface area contributed by atoms with Gasteiger partial charge in [-0.1, -0.05) is 0 Å². The summed E-state index contributed by atoms with van der Waals surface area (Å²) in [6, 6.07) is 0. The van der Waals surface area contributed by atoms with Gasteiger partial charge in [0.15, 0.2) is 0 Å². The van der Waals surface area contributed by atoms with Crippen LogP contribution < -0.4 is 24.0 Å². The lowest BCUT2D eigenvalue weighted by molar-refractivity contribution is -0.774. The van der Waals surface area contributed by atoms with Crippen LogP contribution in [0.15, 0.2) is 0 Å². The van der Waals surface area contributed by atoms with Crippen molar-refractivity contribution in [2.75, 3.05) is 32.6 Å². The van der Waals surface area contributed by atoms with Crippen LogP contribution in [0.1, 0.15) is 0 Å². The Morgan fingerprint density at radius 1 is 1.50 bits per heavy atom. The molecule has 0 saturated carbocycles. The molecule has 0 aromatic carbocycles. The molecule has 0 aromatic rings. The number of hydrogen-bond acceptors (Lipinski definition) is 0. The summed E-state index contributed by atoms with van der Waals surface area (Å²) in [6.07, 6.45) is 0. The molecule has 1 fully saturated rings. The number of likely N-dealkylation sites (N-methyl/N-ethyl adjacent to an activating group) is 1. The molecular formula is C5H11ClIN. The third kappa shape index (κ3) is 2.51. The minimum absolute atomic E-state index is 0. The van der Waals surface area contributed by atoms with E-state index in [0.717, 1.165) is 12.4 Å². The Hall–Kier alpha value is 0.980. The molecular weight excluding hydrogens is 236 g/mol. The molecule has 0 bridgehead atoms. The molecule has 1 saturated heterocycles. The van der Waals surface area contributed by atoms with Gasteiger partial charge < -0.3 is 28.5 Å². The zero-order valence-electron chi connectivity index (χ0n) is 5.03. The van der Waals surface area contributed by atoms with Gasteiger partial charge in [0.2, 0.25) is 0 Å². The van der Waals surface area contributed by atoms with E-state index in [1.807, 2.05) is 0 Å². The number of nitrogens with zero attached hydrogens (tertiary/aromatic N) is 1. The van der Waals surface area contributed by atoms with E-state index in [1.165, 1.54) is 17.6 Å². The Morgan fingerprint density at radius 3 is 2.12 bits per heavy atom. The van der Waals surface area contributed by atoms with Crippen LogP contribution in [0.5, 0.6) is 0 Å². The zero-order chi connectivity index (χ0) is 5.33. The van der Waals surface area contributed by atoms with Crippen LogP contribution in [-0.4, -0.2) is 37.0 Å². The van der Waals surface area contributed by atoms with E-state index in [0.29, 0.717) is 0 Å². The molecule has 8 heavy (non-hydrogen) atoms. The highest BCUT2D eigenvalue weighted by Crippen LogP contribution is 2.15. The first-order valence-electron chi connectivity index (χ1n) is 2.66. The van der Waals surface area contributed by atoms with Gasteiger partial charge in [-0.25, -0.2) is 0 Å². The highest BCUT2D eigenvalue weighted by atomic mass is 127. The van der Waals surface area contributed by atoms with E-state index in [4.69, 9.17) is 11.6 Å². The minimum Gasteiger partial charge on any atom is -1.00 e. The smallest absolute Gasteiger partial charge is 0.128 e. The molecule has 0 amide bonds. The average molecular weight is 248 g/mol. The summed E-state index contributed by atoms with van der Waals surface area (Å²) in [5.74, 6) is 0.816. The molecule has 0 aliphatic carbocycles. The fraction of sp³-hybridized carbons (Fsp3) is 1.00. The van der Waals surface area contributed by atoms with Gasteiger partial charge in [0.1, 0.15) is 13.1 Å². The first kappa shape index (κ1) is 8.98. The maximum atomic E-state index is 5.51. The van der Waals surface area contributed by atoms with Crippen molar-refractivity contribution in [1.29, 1.82) is 0 Å². The molecule has 0 aromatic heterocycles. The van der Waals surface area contributed by atoms with Gasteiger partial charge in [0.25, 0.3) is 0 Å². The first-order chi connectivity index (χ1) is 3.27. The van der Waals surface area contributed by atoms with Gasteiger partial charge in [-0.15, -0.1) is 11.6 Å². The van der Waals surface area contributed by atoms with Crippen LogP contribution in [0.25, 0.3) is 0 Å². The Kier molecular flexibility index (Phi) is 3.62. The monoisotopic (exact) mass is 247 g/mol. The van der Waals surface area contributed by atoms with Gasteiger partial charge in [0, 0.05) is 0 Å². The number of hydrogen-bond donors (Lipinski definition) is 0. The largest absolute Gasteiger partial charge is 1.00 e. The summed E-state index contributed by atoms with van der Waals surface area (Å²) in [5, 5.41) is 0. The number of halogens is 2. The van der Waals surface area contributed by atoms with Crippen molar-refractivity contribution in [1.82, 2.24) is 0 Å². The first-order valence-corrected chi connectivity index (χ1v) is 3.20. The predicted molar refractivity (Wildman–Crippen MR) is 31.5 cm³/mol. The van der Waals surface area contributed by atoms with Crippen LogP contribution in [0.3, 0.4) is 0 Å². The van der Waals surface area contributed by atoms with E-state index in [-0.39, 0.29) is 24.0 Å². The van der Waals surface area contributed by atoms with Gasteiger partial charge >= 0.3 is 0 Å². The van der Waals surface area contributed by atoms with E-state index in [1.54, 1.807) is 0 Å². The molecule has 1 heterocycles. The Bertz CT molecular complexity index is 72.8. The third-order valence-corrected chi connectivity index (χ3v) is 1.78. The third-order valence-electron chi connectivity index (χ3n) is 1.61. The van der Waals surface area contributed by atoms with Crippen LogP contribution in [0.4, 0.5) is 0 Å². The lowest BCUT2D eigenvalue weighted by Crippen LogP contribution is -3.00. The summed E-state index contributed by atoms with van der Waals surface area (Å²) >= 11 is 5.51. The second kappa shape index (κ2) is 3.22. The van der Waals surface area contributed by atoms with Crippen molar-refractivity contribution in [3.8, 4) is 0 Å². The second-order valence-corrected chi connectivity index (χ2v) is 2.86. The summed E-state index contributed by atoms with van der Waals surface area (Å²) in [6.45, 7) is 3.83. The fourth-order valence-electron chi connectivity index (χ4n) is 0.598. The topological polar surface area (TPSA) is 0 Å². The molecule has 1 nitrogen and oxygen atoms in total. The molecule has 1 aliphatic heterocycles. The lowest BCUT2D eigenvalue weighted by atomic mass is 10.7. The molecule has 0 N–H and O–H groups in total. The fourth-order valence-corrected chi connectivity index (χ4v) is 1.01. The number of rotatable bonds is 2. The van der Waals surface area contributed by atoms with Crippen molar-refractivity contribution < 1.29 is 28.5 Å². The number of alkyl halides is 1. The summed E-state index contributed by atoms with van der Waals surface area (Å²) < 4.78 is 1.21. The van der Waals surface area contributed by atoms with E-state index >= 15 is 0 Å². The lowest BCUT2D eigenvalue weighted by Gasteiger charge is -2.06. The summed E-state index contributed by atoms with van der Waals surface area (Å²) in [4.78, 5) is 0. The highest BCUT2D eigenvalue weighted by Gasteiger charge is 2.35. The molecule has 1 aliphatic rings. The normalized spacial score (nSPS) is 21.8. The van der Waals surface area contributed by atoms with Crippen molar-refractivity contribution in [3.63, 3.8) is 0 Å². The van der Waals surface area contributed by atoms with E-state index < -0.39 is 0 Å². The second-order valence-electron chi connectivity index (χ2n) is 2.48. The van der Waals surface area contributed by atoms with Crippen molar-refractivity contribution in [3.05, 3.63) is 0 Å². The number of quaternary nitrogens is 1. The average Bonchev–Trinajstić information content (AvgIpc) is 2.22. The van der Waals surface area contributed by atoms with E-state index in [9.17, 15) is 0 Å². The molecule has 50 valence electrons. The Morgan fingerprint density at radius 2 is 2.00 bits per heavy atom. The molecule has 1 rings (SSSR count). The highest BCUT2D eigenvalue weighted by molar-refractivity contribution is 6.17. The standard InChI is InChI=1S/C5H11ClN.HI/c1-7(3-2-6)4-5-7;/h2-5H2,1H3;1H/q+1;/p-1. The van der Waals surface area contributed by atoms with Gasteiger partial charge in [0.05, 0.1) is 19.5 Å². The summed E-state index contributed by atoms with van der Waals surface area (Å²) in [5.41, 5.74) is 0. The Labute approximate surface area is 72.6 Å². The van der Waals surface area contributed by atoms with Crippen LogP contribution >= 0.6 is 11.6 Å². The summed E-state index contributed by atoms with van der Waals surface area (Å²) in [7, 11) is 2.24. The quantitative estimate of drug-likeness (QED) is 0.223. The van der Waals surface area contributed by atoms with Crippen molar-refractivity contribution in [2.45, 2.75) is 0 Å². The van der Waals surface area contributed by atoms with Gasteiger partial charge in [-0.3, -0.25) is 0 Å². The van der Waals surface area contributed by atoms with Gasteiger partial charge in [-0.2, -0.15) is 0 Å². The van der Waals surface area contributed by atoms with Crippen molar-refractivity contribution in [2.24, 2.45) is 0 Å². The predicted octanol–water partition coefficient (Wildman–Crippen LogP) is -2.31. The Balaban J connectivity index is 0.000000490. The molecule has 0 unspecified atom stereocenters. The SMILES string of the molecule is C[N+]1(CCCl)CC1.[I-]. The molecule has 3 heteroatoms. The van der Waals surface area contributed by atoms with Gasteiger partial charge in [-0.05, 0) is 0 Å². The molecule has 0 radical (unpaired) electrons. The minimum atomic E-state index is 0. The van der Waals surface area contributed by atoms with Crippen LogP contribution in [0, 0.1) is 0 Å². The maximum Gasteiger partial charge on any atom is 0.128 e. The van der Waals surface area contributed by atoms with E-state index in [2.05, 4.69) is 7.05 Å². The molecule has 0 spiro atoms. The maximum absolute atomic E-state index is 5.51. The van der Waals surface area contributed by atoms with Crippen molar-refractivity contribution >= 4 is 11.6 Å². The molecule has 0 atom stereocenters.